The summed E-state index contributed by atoms with van der Waals surface area (Å²) in [6, 6.07) is 0.381. The normalized spacial score (nSPS) is 34.7. The first kappa shape index (κ1) is 12.8. The monoisotopic (exact) mass is 240 g/mol. The van der Waals surface area contributed by atoms with Crippen molar-refractivity contribution in [2.24, 2.45) is 5.73 Å². The molecule has 4 heteroatoms. The van der Waals surface area contributed by atoms with Crippen molar-refractivity contribution in [2.45, 2.75) is 57.0 Å². The second kappa shape index (κ2) is 5.36. The molecule has 0 saturated carbocycles. The number of rotatable bonds is 2. The van der Waals surface area contributed by atoms with Crippen LogP contribution in [0.4, 0.5) is 0 Å². The summed E-state index contributed by atoms with van der Waals surface area (Å²) in [6.07, 6.45) is 6.39. The van der Waals surface area contributed by atoms with Gasteiger partial charge in [-0.15, -0.1) is 0 Å². The molecule has 2 saturated heterocycles. The molecule has 2 fully saturated rings. The Hall–Kier alpha value is -0.610. The van der Waals surface area contributed by atoms with Crippen LogP contribution in [0.25, 0.3) is 0 Å². The van der Waals surface area contributed by atoms with Gasteiger partial charge in [-0.25, -0.2) is 0 Å². The maximum absolute atomic E-state index is 12.6. The molecule has 17 heavy (non-hydrogen) atoms. The highest BCUT2D eigenvalue weighted by Crippen LogP contribution is 2.25. The minimum atomic E-state index is -0.752. The van der Waals surface area contributed by atoms with Gasteiger partial charge in [0.25, 0.3) is 0 Å². The third kappa shape index (κ3) is 2.63. The zero-order valence-electron chi connectivity index (χ0n) is 10.8. The number of nitrogens with zero attached hydrogens (tertiary/aromatic N) is 1. The highest BCUT2D eigenvalue weighted by molar-refractivity contribution is 5.87. The smallest absolute Gasteiger partial charge is 0.245 e. The van der Waals surface area contributed by atoms with Crippen LogP contribution >= 0.6 is 0 Å². The van der Waals surface area contributed by atoms with Gasteiger partial charge in [-0.2, -0.15) is 0 Å². The van der Waals surface area contributed by atoms with Crippen LogP contribution in [0.3, 0.4) is 0 Å². The molecule has 2 aliphatic rings. The van der Waals surface area contributed by atoms with Crippen LogP contribution in [0.5, 0.6) is 0 Å². The van der Waals surface area contributed by atoms with E-state index < -0.39 is 5.54 Å². The molecule has 2 N–H and O–H groups in total. The van der Waals surface area contributed by atoms with Crippen molar-refractivity contribution in [1.29, 1.82) is 0 Å². The fraction of sp³-hybridized carbons (Fsp3) is 0.923. The molecule has 2 aliphatic heterocycles. The summed E-state index contributed by atoms with van der Waals surface area (Å²) in [5.41, 5.74) is 5.43. The highest BCUT2D eigenvalue weighted by Gasteiger charge is 2.42. The number of carbonyl (C=O) groups excluding carboxylic acids is 1. The molecule has 0 bridgehead atoms. The Morgan fingerprint density at radius 1 is 1.47 bits per heavy atom. The number of hydrogen-bond acceptors (Lipinski definition) is 3. The van der Waals surface area contributed by atoms with Crippen LogP contribution in [0.15, 0.2) is 0 Å². The summed E-state index contributed by atoms with van der Waals surface area (Å²) < 4.78 is 5.30. The third-order valence-corrected chi connectivity index (χ3v) is 4.09. The van der Waals surface area contributed by atoms with Crippen molar-refractivity contribution >= 4 is 5.91 Å². The first-order valence-corrected chi connectivity index (χ1v) is 6.85. The molecular weight excluding hydrogens is 216 g/mol. The molecule has 2 atom stereocenters. The van der Waals surface area contributed by atoms with Crippen LogP contribution in [0.1, 0.15) is 45.4 Å². The first-order chi connectivity index (χ1) is 8.17. The molecule has 0 aromatic heterocycles. The zero-order chi connectivity index (χ0) is 12.3. The van der Waals surface area contributed by atoms with E-state index in [1.807, 2.05) is 4.90 Å². The van der Waals surface area contributed by atoms with Crippen molar-refractivity contribution in [1.82, 2.24) is 4.90 Å². The van der Waals surface area contributed by atoms with Crippen molar-refractivity contribution < 1.29 is 9.53 Å². The number of carbonyl (C=O) groups is 1. The lowest BCUT2D eigenvalue weighted by Gasteiger charge is -2.35. The van der Waals surface area contributed by atoms with Gasteiger partial charge < -0.3 is 15.4 Å². The number of nitrogens with two attached hydrogens (primary N) is 1. The quantitative estimate of drug-likeness (QED) is 0.791. The average Bonchev–Trinajstić information content (AvgIpc) is 2.65. The summed E-state index contributed by atoms with van der Waals surface area (Å²) in [4.78, 5) is 14.6. The molecule has 2 rings (SSSR count). The van der Waals surface area contributed by atoms with Crippen LogP contribution in [0.2, 0.25) is 0 Å². The molecule has 4 nitrogen and oxygen atoms in total. The van der Waals surface area contributed by atoms with Gasteiger partial charge in [0.15, 0.2) is 0 Å². The number of likely N-dealkylation sites (tertiary alicyclic amines) is 1. The number of ether oxygens (including phenoxy) is 1. The molecule has 0 aromatic carbocycles. The molecule has 2 heterocycles. The van der Waals surface area contributed by atoms with Gasteiger partial charge in [0.1, 0.15) is 5.54 Å². The summed E-state index contributed by atoms with van der Waals surface area (Å²) in [7, 11) is 0. The fourth-order valence-electron chi connectivity index (χ4n) is 2.90. The molecule has 0 radical (unpaired) electrons. The maximum Gasteiger partial charge on any atom is 0.245 e. The lowest BCUT2D eigenvalue weighted by molar-refractivity contribution is -0.139. The maximum atomic E-state index is 12.6. The first-order valence-electron chi connectivity index (χ1n) is 6.85. The van der Waals surface area contributed by atoms with Crippen molar-refractivity contribution in [2.75, 3.05) is 19.8 Å². The Balaban J connectivity index is 2.09. The minimum absolute atomic E-state index is 0.115. The van der Waals surface area contributed by atoms with Crippen LogP contribution < -0.4 is 5.73 Å². The van der Waals surface area contributed by atoms with Gasteiger partial charge in [-0.05, 0) is 25.7 Å². The molecule has 1 amide bonds. The van der Waals surface area contributed by atoms with E-state index in [0.717, 1.165) is 25.8 Å². The third-order valence-electron chi connectivity index (χ3n) is 4.09. The van der Waals surface area contributed by atoms with Gasteiger partial charge in [0, 0.05) is 19.2 Å². The highest BCUT2D eigenvalue weighted by atomic mass is 16.5. The second-order valence-electron chi connectivity index (χ2n) is 5.37. The van der Waals surface area contributed by atoms with Crippen molar-refractivity contribution in [3.8, 4) is 0 Å². The summed E-state index contributed by atoms with van der Waals surface area (Å²) >= 11 is 0. The molecule has 0 aromatic rings. The predicted molar refractivity (Wildman–Crippen MR) is 66.6 cm³/mol. The van der Waals surface area contributed by atoms with Gasteiger partial charge in [0.05, 0.1) is 6.61 Å². The van der Waals surface area contributed by atoms with E-state index in [0.29, 0.717) is 25.7 Å². The molecule has 0 aliphatic carbocycles. The van der Waals surface area contributed by atoms with Crippen molar-refractivity contribution in [3.63, 3.8) is 0 Å². The Morgan fingerprint density at radius 2 is 2.29 bits per heavy atom. The molecule has 98 valence electrons. The van der Waals surface area contributed by atoms with E-state index in [1.165, 1.54) is 12.8 Å². The van der Waals surface area contributed by atoms with Gasteiger partial charge in [-0.3, -0.25) is 4.79 Å². The Labute approximate surface area is 103 Å². The van der Waals surface area contributed by atoms with E-state index in [2.05, 4.69) is 6.92 Å². The topological polar surface area (TPSA) is 55.6 Å². The van der Waals surface area contributed by atoms with Crippen LogP contribution in [-0.2, 0) is 9.53 Å². The average molecular weight is 240 g/mol. The lowest BCUT2D eigenvalue weighted by atomic mass is 9.96. The summed E-state index contributed by atoms with van der Waals surface area (Å²) in [6.45, 7) is 4.03. The minimum Gasteiger partial charge on any atom is -0.379 e. The van der Waals surface area contributed by atoms with Gasteiger partial charge in [-0.1, -0.05) is 19.8 Å². The molecule has 0 spiro atoms. The Bertz CT molecular complexity index is 275. The Morgan fingerprint density at radius 3 is 2.94 bits per heavy atom. The molecular formula is C13H24N2O2. The van der Waals surface area contributed by atoms with E-state index in [9.17, 15) is 4.79 Å². The SMILES string of the molecule is CCC1CCCCCN1C(=O)C1(N)CCOC1. The van der Waals surface area contributed by atoms with E-state index >= 15 is 0 Å². The fourth-order valence-corrected chi connectivity index (χ4v) is 2.90. The summed E-state index contributed by atoms with van der Waals surface area (Å²) in [5, 5.41) is 0. The predicted octanol–water partition coefficient (Wildman–Crippen LogP) is 1.29. The van der Waals surface area contributed by atoms with Crippen LogP contribution in [-0.4, -0.2) is 42.1 Å². The summed E-state index contributed by atoms with van der Waals surface area (Å²) in [5.74, 6) is 0.115. The van der Waals surface area contributed by atoms with Gasteiger partial charge >= 0.3 is 0 Å². The number of hydrogen-bond donors (Lipinski definition) is 1. The van der Waals surface area contributed by atoms with Crippen LogP contribution in [0, 0.1) is 0 Å². The second-order valence-corrected chi connectivity index (χ2v) is 5.37. The Kier molecular flexibility index (Phi) is 4.05. The zero-order valence-corrected chi connectivity index (χ0v) is 10.8. The lowest BCUT2D eigenvalue weighted by Crippen LogP contribution is -2.58. The standard InChI is InChI=1S/C13H24N2O2/c1-2-11-6-4-3-5-8-15(11)12(16)13(14)7-9-17-10-13/h11H,2-10,14H2,1H3. The van der Waals surface area contributed by atoms with E-state index in [-0.39, 0.29) is 5.91 Å². The van der Waals surface area contributed by atoms with E-state index in [4.69, 9.17) is 10.5 Å². The largest absolute Gasteiger partial charge is 0.379 e. The van der Waals surface area contributed by atoms with Crippen molar-refractivity contribution in [3.05, 3.63) is 0 Å². The molecule has 2 unspecified atom stereocenters. The van der Waals surface area contributed by atoms with Gasteiger partial charge in [0.2, 0.25) is 5.91 Å². The number of amides is 1. The van der Waals surface area contributed by atoms with E-state index in [1.54, 1.807) is 0 Å².